The zero-order chi connectivity index (χ0) is 22.4. The average Bonchev–Trinajstić information content (AvgIpc) is 2.77. The number of carbonyl (C=O) groups excluding carboxylic acids is 1. The predicted octanol–water partition coefficient (Wildman–Crippen LogP) is 4.80. The molecule has 1 unspecified atom stereocenters. The molecule has 5 nitrogen and oxygen atoms in total. The van der Waals surface area contributed by atoms with Crippen LogP contribution in [0.2, 0.25) is 0 Å². The van der Waals surface area contributed by atoms with E-state index in [2.05, 4.69) is 5.32 Å². The van der Waals surface area contributed by atoms with Gasteiger partial charge in [0.2, 0.25) is 0 Å². The summed E-state index contributed by atoms with van der Waals surface area (Å²) in [5, 5.41) is 3.08. The van der Waals surface area contributed by atoms with Crippen molar-refractivity contribution < 1.29 is 17.9 Å². The molecule has 3 rings (SSSR count). The average molecular weight is 438 g/mol. The van der Waals surface area contributed by atoms with Gasteiger partial charge in [-0.2, -0.15) is 0 Å². The van der Waals surface area contributed by atoms with E-state index in [1.54, 1.807) is 61.7 Å². The number of sulfone groups is 1. The van der Waals surface area contributed by atoms with Crippen molar-refractivity contribution in [2.24, 2.45) is 5.92 Å². The van der Waals surface area contributed by atoms with E-state index in [1.165, 1.54) is 0 Å². The number of hydrogen-bond donors (Lipinski definition) is 1. The molecule has 0 aliphatic rings. The quantitative estimate of drug-likeness (QED) is 0.550. The van der Waals surface area contributed by atoms with Gasteiger partial charge in [-0.15, -0.1) is 0 Å². The Morgan fingerprint density at radius 3 is 2.23 bits per heavy atom. The molecule has 0 spiro atoms. The summed E-state index contributed by atoms with van der Waals surface area (Å²) in [5.74, 6) is 0.516. The molecule has 0 aliphatic heterocycles. The lowest BCUT2D eigenvalue weighted by atomic mass is 9.95. The van der Waals surface area contributed by atoms with Crippen LogP contribution in [-0.2, 0) is 15.6 Å². The highest BCUT2D eigenvalue weighted by atomic mass is 32.2. The molecule has 0 aliphatic carbocycles. The summed E-state index contributed by atoms with van der Waals surface area (Å²) in [5.41, 5.74) is 1.98. The lowest BCUT2D eigenvalue weighted by Crippen LogP contribution is -2.31. The van der Waals surface area contributed by atoms with Gasteiger partial charge < -0.3 is 10.1 Å². The second kappa shape index (κ2) is 9.79. The van der Waals surface area contributed by atoms with Crippen molar-refractivity contribution in [3.05, 3.63) is 95.6 Å². The third-order valence-electron chi connectivity index (χ3n) is 5.08. The van der Waals surface area contributed by atoms with Crippen molar-refractivity contribution in [1.82, 2.24) is 5.32 Å². The molecule has 0 saturated heterocycles. The fraction of sp³-hybridized carbons (Fsp3) is 0.240. The molecule has 1 atom stereocenters. The minimum absolute atomic E-state index is 0.162. The molecule has 0 fully saturated rings. The van der Waals surface area contributed by atoms with Gasteiger partial charge in [-0.3, -0.25) is 4.79 Å². The summed E-state index contributed by atoms with van der Waals surface area (Å²) in [4.78, 5) is 13.2. The SMILES string of the molecule is COc1ccc(C(NC(=O)c2cccc(CS(=O)(=O)c3ccccc3)c2)C(C)C)cc1. The van der Waals surface area contributed by atoms with E-state index in [0.29, 0.717) is 11.1 Å². The molecule has 3 aromatic carbocycles. The predicted molar refractivity (Wildman–Crippen MR) is 122 cm³/mol. The Labute approximate surface area is 184 Å². The lowest BCUT2D eigenvalue weighted by molar-refractivity contribution is 0.0925. The van der Waals surface area contributed by atoms with Crippen LogP contribution in [-0.4, -0.2) is 21.4 Å². The Morgan fingerprint density at radius 1 is 0.935 bits per heavy atom. The largest absolute Gasteiger partial charge is 0.497 e. The first-order chi connectivity index (χ1) is 14.8. The number of nitrogens with one attached hydrogen (secondary N) is 1. The summed E-state index contributed by atoms with van der Waals surface area (Å²) in [7, 11) is -1.87. The van der Waals surface area contributed by atoms with Gasteiger partial charge in [-0.25, -0.2) is 8.42 Å². The Kier molecular flexibility index (Phi) is 7.13. The first-order valence-electron chi connectivity index (χ1n) is 10.1. The topological polar surface area (TPSA) is 72.5 Å². The van der Waals surface area contributed by atoms with Gasteiger partial charge in [0.25, 0.3) is 5.91 Å². The Hall–Kier alpha value is -3.12. The Bertz CT molecular complexity index is 1120. The van der Waals surface area contributed by atoms with Gasteiger partial charge in [0.15, 0.2) is 9.84 Å². The van der Waals surface area contributed by atoms with Crippen molar-refractivity contribution in [2.75, 3.05) is 7.11 Å². The number of ether oxygens (including phenoxy) is 1. The molecule has 6 heteroatoms. The molecular formula is C25H27NO4S. The second-order valence-electron chi connectivity index (χ2n) is 7.74. The molecule has 31 heavy (non-hydrogen) atoms. The normalized spacial score (nSPS) is 12.4. The van der Waals surface area contributed by atoms with Crippen LogP contribution in [0.5, 0.6) is 5.75 Å². The smallest absolute Gasteiger partial charge is 0.251 e. The summed E-state index contributed by atoms with van der Waals surface area (Å²) < 4.78 is 30.6. The third kappa shape index (κ3) is 5.73. The highest BCUT2D eigenvalue weighted by Gasteiger charge is 2.20. The van der Waals surface area contributed by atoms with E-state index in [4.69, 9.17) is 4.74 Å². The minimum atomic E-state index is -3.49. The van der Waals surface area contributed by atoms with E-state index >= 15 is 0 Å². The summed E-state index contributed by atoms with van der Waals surface area (Å²) in [6.07, 6.45) is 0. The maximum atomic E-state index is 13.0. The molecule has 0 bridgehead atoms. The molecule has 0 aromatic heterocycles. The van der Waals surface area contributed by atoms with Gasteiger partial charge in [-0.1, -0.05) is 56.3 Å². The second-order valence-corrected chi connectivity index (χ2v) is 9.73. The number of benzene rings is 3. The van der Waals surface area contributed by atoms with Crippen LogP contribution in [0, 0.1) is 5.92 Å². The fourth-order valence-corrected chi connectivity index (χ4v) is 4.76. The van der Waals surface area contributed by atoms with Crippen LogP contribution >= 0.6 is 0 Å². The van der Waals surface area contributed by atoms with E-state index in [0.717, 1.165) is 11.3 Å². The fourth-order valence-electron chi connectivity index (χ4n) is 3.40. The van der Waals surface area contributed by atoms with Crippen LogP contribution in [0.1, 0.15) is 41.4 Å². The molecule has 162 valence electrons. The van der Waals surface area contributed by atoms with Gasteiger partial charge >= 0.3 is 0 Å². The monoisotopic (exact) mass is 437 g/mol. The zero-order valence-electron chi connectivity index (χ0n) is 17.9. The molecule has 0 heterocycles. The number of amides is 1. The van der Waals surface area contributed by atoms with Crippen molar-refractivity contribution in [3.8, 4) is 5.75 Å². The molecule has 3 aromatic rings. The lowest BCUT2D eigenvalue weighted by Gasteiger charge is -2.23. The highest BCUT2D eigenvalue weighted by molar-refractivity contribution is 7.90. The molecular weight excluding hydrogens is 410 g/mol. The standard InChI is InChI=1S/C25H27NO4S/c1-18(2)24(20-12-14-22(30-3)15-13-20)26-25(27)21-9-7-8-19(16-21)17-31(28,29)23-10-5-4-6-11-23/h4-16,18,24H,17H2,1-3H3,(H,26,27). The molecule has 1 amide bonds. The van der Waals surface area contributed by atoms with E-state index in [1.807, 2.05) is 38.1 Å². The third-order valence-corrected chi connectivity index (χ3v) is 6.78. The summed E-state index contributed by atoms with van der Waals surface area (Å²) >= 11 is 0. The van der Waals surface area contributed by atoms with Crippen molar-refractivity contribution in [3.63, 3.8) is 0 Å². The number of rotatable bonds is 8. The minimum Gasteiger partial charge on any atom is -0.497 e. The van der Waals surface area contributed by atoms with Crippen molar-refractivity contribution >= 4 is 15.7 Å². The molecule has 0 radical (unpaired) electrons. The Morgan fingerprint density at radius 2 is 1.61 bits per heavy atom. The van der Waals surface area contributed by atoms with E-state index in [9.17, 15) is 13.2 Å². The summed E-state index contributed by atoms with van der Waals surface area (Å²) in [6, 6.07) is 22.5. The zero-order valence-corrected chi connectivity index (χ0v) is 18.7. The van der Waals surface area contributed by atoms with Gasteiger partial charge in [0.05, 0.1) is 23.8 Å². The first-order valence-corrected chi connectivity index (χ1v) is 11.8. The van der Waals surface area contributed by atoms with Crippen LogP contribution in [0.3, 0.4) is 0 Å². The highest BCUT2D eigenvalue weighted by Crippen LogP contribution is 2.25. The van der Waals surface area contributed by atoms with Crippen LogP contribution in [0.15, 0.2) is 83.8 Å². The van der Waals surface area contributed by atoms with E-state index < -0.39 is 9.84 Å². The first kappa shape index (κ1) is 22.6. The van der Waals surface area contributed by atoms with Gasteiger partial charge in [0.1, 0.15) is 5.75 Å². The van der Waals surface area contributed by atoms with Gasteiger partial charge in [-0.05, 0) is 53.4 Å². The summed E-state index contributed by atoms with van der Waals surface area (Å²) in [6.45, 7) is 4.08. The van der Waals surface area contributed by atoms with Crippen LogP contribution in [0.4, 0.5) is 0 Å². The van der Waals surface area contributed by atoms with Crippen LogP contribution in [0.25, 0.3) is 0 Å². The molecule has 0 saturated carbocycles. The molecule has 1 N–H and O–H groups in total. The Balaban J connectivity index is 1.78. The number of hydrogen-bond acceptors (Lipinski definition) is 4. The van der Waals surface area contributed by atoms with Crippen molar-refractivity contribution in [2.45, 2.75) is 30.5 Å². The van der Waals surface area contributed by atoms with E-state index in [-0.39, 0.29) is 28.5 Å². The van der Waals surface area contributed by atoms with Crippen molar-refractivity contribution in [1.29, 1.82) is 0 Å². The number of carbonyl (C=O) groups is 1. The van der Waals surface area contributed by atoms with Gasteiger partial charge in [0, 0.05) is 5.56 Å². The number of methoxy groups -OCH3 is 1. The van der Waals surface area contributed by atoms with Crippen LogP contribution < -0.4 is 10.1 Å². The maximum Gasteiger partial charge on any atom is 0.251 e. The maximum absolute atomic E-state index is 13.0.